The molecule has 1 aliphatic heterocycles. The summed E-state index contributed by atoms with van der Waals surface area (Å²) in [5.74, 6) is -0.350. The SMILES string of the molecule is Cl.NCC(=O)NCC(=O)N1CCC(C(O)c2ccc(Cl)cc2)CC1. The maximum atomic E-state index is 12.0. The maximum absolute atomic E-state index is 12.0. The number of nitrogens with one attached hydrogen (secondary N) is 1. The minimum Gasteiger partial charge on any atom is -0.388 e. The van der Waals surface area contributed by atoms with Gasteiger partial charge < -0.3 is 21.1 Å². The second kappa shape index (κ2) is 9.84. The summed E-state index contributed by atoms with van der Waals surface area (Å²) in [4.78, 5) is 24.8. The van der Waals surface area contributed by atoms with E-state index in [0.29, 0.717) is 18.1 Å². The first-order valence-corrected chi connectivity index (χ1v) is 8.07. The van der Waals surface area contributed by atoms with Crippen molar-refractivity contribution in [2.45, 2.75) is 18.9 Å². The Balaban J connectivity index is 0.00000288. The topological polar surface area (TPSA) is 95.7 Å². The van der Waals surface area contributed by atoms with Crippen LogP contribution in [0.4, 0.5) is 0 Å². The number of nitrogens with zero attached hydrogens (tertiary/aromatic N) is 1. The number of aliphatic hydroxyl groups is 1. The fraction of sp³-hybridized carbons (Fsp3) is 0.500. The predicted octanol–water partition coefficient (Wildman–Crippen LogP) is 1.11. The Morgan fingerprint density at radius 2 is 1.88 bits per heavy atom. The third-order valence-electron chi connectivity index (χ3n) is 4.17. The summed E-state index contributed by atoms with van der Waals surface area (Å²) >= 11 is 5.85. The van der Waals surface area contributed by atoms with Crippen molar-refractivity contribution < 1.29 is 14.7 Å². The number of hydrogen-bond donors (Lipinski definition) is 3. The molecular weight excluding hydrogens is 353 g/mol. The highest BCUT2D eigenvalue weighted by Crippen LogP contribution is 2.31. The molecule has 8 heteroatoms. The van der Waals surface area contributed by atoms with E-state index in [1.807, 2.05) is 12.1 Å². The van der Waals surface area contributed by atoms with E-state index in [2.05, 4.69) is 5.32 Å². The lowest BCUT2D eigenvalue weighted by molar-refractivity contribution is -0.134. The normalized spacial score (nSPS) is 16.2. The number of carbonyl (C=O) groups excluding carboxylic acids is 2. The van der Waals surface area contributed by atoms with Gasteiger partial charge in [0.15, 0.2) is 0 Å². The van der Waals surface area contributed by atoms with Crippen LogP contribution in [0.1, 0.15) is 24.5 Å². The predicted molar refractivity (Wildman–Crippen MR) is 95.0 cm³/mol. The molecule has 1 unspecified atom stereocenters. The Morgan fingerprint density at radius 1 is 1.29 bits per heavy atom. The molecule has 6 nitrogen and oxygen atoms in total. The summed E-state index contributed by atoms with van der Waals surface area (Å²) < 4.78 is 0. The lowest BCUT2D eigenvalue weighted by Gasteiger charge is -2.34. The number of likely N-dealkylation sites (tertiary alicyclic amines) is 1. The lowest BCUT2D eigenvalue weighted by Crippen LogP contribution is -2.45. The van der Waals surface area contributed by atoms with Crippen molar-refractivity contribution in [2.24, 2.45) is 11.7 Å². The minimum atomic E-state index is -0.554. The Kier molecular flexibility index (Phi) is 8.48. The van der Waals surface area contributed by atoms with Gasteiger partial charge in [-0.25, -0.2) is 0 Å². The van der Waals surface area contributed by atoms with Crippen LogP contribution in [0.15, 0.2) is 24.3 Å². The van der Waals surface area contributed by atoms with Crippen molar-refractivity contribution in [1.82, 2.24) is 10.2 Å². The maximum Gasteiger partial charge on any atom is 0.241 e. The second-order valence-electron chi connectivity index (χ2n) is 5.70. The summed E-state index contributed by atoms with van der Waals surface area (Å²) in [5.41, 5.74) is 6.02. The van der Waals surface area contributed by atoms with Gasteiger partial charge >= 0.3 is 0 Å². The lowest BCUT2D eigenvalue weighted by atomic mass is 9.87. The van der Waals surface area contributed by atoms with Crippen LogP contribution < -0.4 is 11.1 Å². The molecule has 1 aromatic rings. The van der Waals surface area contributed by atoms with Crippen LogP contribution in [-0.4, -0.2) is 48.0 Å². The van der Waals surface area contributed by atoms with Gasteiger partial charge in [-0.2, -0.15) is 0 Å². The van der Waals surface area contributed by atoms with Crippen LogP contribution in [-0.2, 0) is 9.59 Å². The molecule has 0 aromatic heterocycles. The van der Waals surface area contributed by atoms with Gasteiger partial charge in [0.25, 0.3) is 0 Å². The molecule has 1 saturated heterocycles. The summed E-state index contributed by atoms with van der Waals surface area (Å²) in [6, 6.07) is 7.18. The third kappa shape index (κ3) is 5.63. The summed E-state index contributed by atoms with van der Waals surface area (Å²) in [7, 11) is 0. The molecule has 4 N–H and O–H groups in total. The zero-order chi connectivity index (χ0) is 16.8. The second-order valence-corrected chi connectivity index (χ2v) is 6.13. The van der Waals surface area contributed by atoms with Crippen molar-refractivity contribution in [2.75, 3.05) is 26.2 Å². The van der Waals surface area contributed by atoms with Crippen LogP contribution in [0.3, 0.4) is 0 Å². The van der Waals surface area contributed by atoms with Gasteiger partial charge in [0.1, 0.15) is 0 Å². The Hall–Kier alpha value is -1.34. The first-order chi connectivity index (χ1) is 11.0. The number of hydrogen-bond acceptors (Lipinski definition) is 4. The van der Waals surface area contributed by atoms with Crippen LogP contribution in [0.2, 0.25) is 5.02 Å². The number of amides is 2. The molecule has 0 bridgehead atoms. The van der Waals surface area contributed by atoms with Crippen molar-refractivity contribution in [1.29, 1.82) is 0 Å². The molecule has 2 amide bonds. The fourth-order valence-corrected chi connectivity index (χ4v) is 2.88. The Morgan fingerprint density at radius 3 is 2.42 bits per heavy atom. The zero-order valence-electron chi connectivity index (χ0n) is 13.3. The van der Waals surface area contributed by atoms with Gasteiger partial charge in [0, 0.05) is 18.1 Å². The molecule has 134 valence electrons. The van der Waals surface area contributed by atoms with Crippen LogP contribution in [0.25, 0.3) is 0 Å². The minimum absolute atomic E-state index is 0. The molecule has 0 radical (unpaired) electrons. The van der Waals surface area contributed by atoms with Crippen molar-refractivity contribution in [3.8, 4) is 0 Å². The van der Waals surface area contributed by atoms with Gasteiger partial charge in [-0.1, -0.05) is 23.7 Å². The zero-order valence-corrected chi connectivity index (χ0v) is 14.9. The van der Waals surface area contributed by atoms with Crippen molar-refractivity contribution in [3.63, 3.8) is 0 Å². The van der Waals surface area contributed by atoms with E-state index < -0.39 is 6.10 Å². The molecule has 1 fully saturated rings. The number of nitrogens with two attached hydrogens (primary N) is 1. The highest BCUT2D eigenvalue weighted by atomic mass is 35.5. The Labute approximate surface area is 152 Å². The molecule has 1 atom stereocenters. The molecule has 1 aromatic carbocycles. The highest BCUT2D eigenvalue weighted by Gasteiger charge is 2.28. The van der Waals surface area contributed by atoms with E-state index in [9.17, 15) is 14.7 Å². The molecule has 0 saturated carbocycles. The standard InChI is InChI=1S/C16H22ClN3O3.ClH/c17-13-3-1-11(2-4-13)16(23)12-5-7-20(8-6-12)15(22)10-19-14(21)9-18;/h1-4,12,16,23H,5-10,18H2,(H,19,21);1H. The smallest absolute Gasteiger partial charge is 0.241 e. The summed E-state index contributed by atoms with van der Waals surface area (Å²) in [6.07, 6.45) is 0.891. The average Bonchev–Trinajstić information content (AvgIpc) is 2.59. The van der Waals surface area contributed by atoms with Crippen LogP contribution in [0, 0.1) is 5.92 Å². The van der Waals surface area contributed by atoms with Gasteiger partial charge in [-0.05, 0) is 36.5 Å². The monoisotopic (exact) mass is 375 g/mol. The van der Waals surface area contributed by atoms with Crippen molar-refractivity contribution in [3.05, 3.63) is 34.9 Å². The molecule has 1 heterocycles. The van der Waals surface area contributed by atoms with Crippen molar-refractivity contribution >= 4 is 35.8 Å². The number of aliphatic hydroxyl groups excluding tert-OH is 1. The molecule has 2 rings (SSSR count). The number of rotatable bonds is 5. The van der Waals surface area contributed by atoms with E-state index in [0.717, 1.165) is 18.4 Å². The van der Waals surface area contributed by atoms with Gasteiger partial charge in [0.2, 0.25) is 11.8 Å². The molecule has 0 aliphatic carbocycles. The fourth-order valence-electron chi connectivity index (χ4n) is 2.75. The Bertz CT molecular complexity index is 546. The number of carbonyl (C=O) groups is 2. The average molecular weight is 376 g/mol. The van der Waals surface area contributed by atoms with E-state index >= 15 is 0 Å². The van der Waals surface area contributed by atoms with Gasteiger partial charge in [-0.15, -0.1) is 12.4 Å². The van der Waals surface area contributed by atoms with Gasteiger partial charge in [0.05, 0.1) is 19.2 Å². The largest absolute Gasteiger partial charge is 0.388 e. The van der Waals surface area contributed by atoms with Gasteiger partial charge in [-0.3, -0.25) is 9.59 Å². The first kappa shape index (κ1) is 20.7. The summed E-state index contributed by atoms with van der Waals surface area (Å²) in [5, 5.41) is 13.6. The molecule has 0 spiro atoms. The summed E-state index contributed by atoms with van der Waals surface area (Å²) in [6.45, 7) is 1.00. The highest BCUT2D eigenvalue weighted by molar-refractivity contribution is 6.30. The molecule has 1 aliphatic rings. The van der Waals surface area contributed by atoms with E-state index in [4.69, 9.17) is 17.3 Å². The van der Waals surface area contributed by atoms with Crippen LogP contribution >= 0.6 is 24.0 Å². The van der Waals surface area contributed by atoms with E-state index in [-0.39, 0.29) is 43.2 Å². The third-order valence-corrected chi connectivity index (χ3v) is 4.42. The number of piperidine rings is 1. The number of benzene rings is 1. The van der Waals surface area contributed by atoms with Crippen LogP contribution in [0.5, 0.6) is 0 Å². The van der Waals surface area contributed by atoms with E-state index in [1.54, 1.807) is 17.0 Å². The quantitative estimate of drug-likeness (QED) is 0.717. The first-order valence-electron chi connectivity index (χ1n) is 7.69. The molecule has 24 heavy (non-hydrogen) atoms. The van der Waals surface area contributed by atoms with E-state index in [1.165, 1.54) is 0 Å². The molecular formula is C16H23Cl2N3O3. The number of halogens is 2.